The van der Waals surface area contributed by atoms with E-state index in [1.807, 2.05) is 6.92 Å². The molecule has 1 amide bonds. The molecular weight excluding hydrogens is 362 g/mol. The summed E-state index contributed by atoms with van der Waals surface area (Å²) >= 11 is 0. The van der Waals surface area contributed by atoms with Crippen LogP contribution in [0.1, 0.15) is 57.7 Å². The molecule has 0 saturated carbocycles. The number of piperidine rings is 1. The van der Waals surface area contributed by atoms with Crippen LogP contribution in [0.3, 0.4) is 0 Å². The van der Waals surface area contributed by atoms with Gasteiger partial charge in [0, 0.05) is 27.2 Å². The SMILES string of the molecule is C[C@H](NC(=O)[C@H]1CCCN(S(=O)(=O)N(C)C)C1)c1ccc(C(C)(C)C)cc1. The van der Waals surface area contributed by atoms with Crippen molar-refractivity contribution in [3.63, 3.8) is 0 Å². The van der Waals surface area contributed by atoms with Gasteiger partial charge in [-0.3, -0.25) is 4.79 Å². The molecule has 0 unspecified atom stereocenters. The lowest BCUT2D eigenvalue weighted by atomic mass is 9.86. The Morgan fingerprint density at radius 3 is 2.33 bits per heavy atom. The molecule has 0 bridgehead atoms. The van der Waals surface area contributed by atoms with E-state index in [1.165, 1.54) is 28.3 Å². The second-order valence-electron chi connectivity index (χ2n) is 8.59. The predicted octanol–water partition coefficient (Wildman–Crippen LogP) is 2.68. The number of hydrogen-bond acceptors (Lipinski definition) is 3. The van der Waals surface area contributed by atoms with Crippen LogP contribution in [0.25, 0.3) is 0 Å². The van der Waals surface area contributed by atoms with Crippen LogP contribution in [0.2, 0.25) is 0 Å². The van der Waals surface area contributed by atoms with Gasteiger partial charge in [0.05, 0.1) is 12.0 Å². The molecule has 27 heavy (non-hydrogen) atoms. The number of carbonyl (C=O) groups excluding carboxylic acids is 1. The van der Waals surface area contributed by atoms with E-state index >= 15 is 0 Å². The molecule has 1 fully saturated rings. The number of nitrogens with zero attached hydrogens (tertiary/aromatic N) is 2. The maximum absolute atomic E-state index is 12.7. The molecule has 1 aromatic rings. The smallest absolute Gasteiger partial charge is 0.281 e. The van der Waals surface area contributed by atoms with E-state index in [0.29, 0.717) is 19.4 Å². The highest BCUT2D eigenvalue weighted by molar-refractivity contribution is 7.86. The fourth-order valence-electron chi connectivity index (χ4n) is 3.28. The molecule has 1 aliphatic rings. The van der Waals surface area contributed by atoms with Gasteiger partial charge in [0.1, 0.15) is 0 Å². The van der Waals surface area contributed by atoms with Gasteiger partial charge in [0.2, 0.25) is 5.91 Å². The zero-order valence-electron chi connectivity index (χ0n) is 17.3. The van der Waals surface area contributed by atoms with E-state index in [2.05, 4.69) is 50.4 Å². The van der Waals surface area contributed by atoms with E-state index in [9.17, 15) is 13.2 Å². The normalized spacial score (nSPS) is 20.5. The molecular formula is C20H33N3O3S. The van der Waals surface area contributed by atoms with E-state index in [0.717, 1.165) is 5.56 Å². The second-order valence-corrected chi connectivity index (χ2v) is 10.7. The number of amides is 1. The Kier molecular flexibility index (Phi) is 6.71. The second kappa shape index (κ2) is 8.29. The molecule has 1 heterocycles. The first-order valence-corrected chi connectivity index (χ1v) is 10.9. The highest BCUT2D eigenvalue weighted by atomic mass is 32.2. The molecule has 1 aromatic carbocycles. The summed E-state index contributed by atoms with van der Waals surface area (Å²) in [5.74, 6) is -0.397. The van der Waals surface area contributed by atoms with Crippen LogP contribution < -0.4 is 5.32 Å². The lowest BCUT2D eigenvalue weighted by Crippen LogP contribution is -2.49. The number of hydrogen-bond donors (Lipinski definition) is 1. The first-order valence-electron chi connectivity index (χ1n) is 9.51. The zero-order chi connectivity index (χ0) is 20.4. The fourth-order valence-corrected chi connectivity index (χ4v) is 4.47. The zero-order valence-corrected chi connectivity index (χ0v) is 18.1. The molecule has 1 saturated heterocycles. The van der Waals surface area contributed by atoms with Gasteiger partial charge < -0.3 is 5.32 Å². The van der Waals surface area contributed by atoms with Crippen LogP contribution in [-0.2, 0) is 20.4 Å². The summed E-state index contributed by atoms with van der Waals surface area (Å²) in [6, 6.07) is 8.19. The third-order valence-corrected chi connectivity index (χ3v) is 7.09. The van der Waals surface area contributed by atoms with Crippen molar-refractivity contribution in [3.05, 3.63) is 35.4 Å². The standard InChI is InChI=1S/C20H33N3O3S/c1-15(16-9-11-18(12-10-16)20(2,3)4)21-19(24)17-8-7-13-23(14-17)27(25,26)22(5)6/h9-12,15,17H,7-8,13-14H2,1-6H3,(H,21,24)/t15-,17-/m0/s1. The Balaban J connectivity index is 2.01. The molecule has 2 rings (SSSR count). The van der Waals surface area contributed by atoms with Gasteiger partial charge in [-0.15, -0.1) is 0 Å². The summed E-state index contributed by atoms with van der Waals surface area (Å²) < 4.78 is 27.3. The fraction of sp³-hybridized carbons (Fsp3) is 0.650. The summed E-state index contributed by atoms with van der Waals surface area (Å²) in [5, 5.41) is 3.05. The van der Waals surface area contributed by atoms with Gasteiger partial charge in [-0.05, 0) is 36.3 Å². The molecule has 1 N–H and O–H groups in total. The highest BCUT2D eigenvalue weighted by Crippen LogP contribution is 2.25. The summed E-state index contributed by atoms with van der Waals surface area (Å²) in [6.07, 6.45) is 1.40. The Labute approximate surface area is 164 Å². The van der Waals surface area contributed by atoms with Crippen molar-refractivity contribution < 1.29 is 13.2 Å². The van der Waals surface area contributed by atoms with Gasteiger partial charge in [-0.25, -0.2) is 0 Å². The number of carbonyl (C=O) groups is 1. The average molecular weight is 396 g/mol. The maximum atomic E-state index is 12.7. The first-order chi connectivity index (χ1) is 12.4. The minimum absolute atomic E-state index is 0.0824. The van der Waals surface area contributed by atoms with Gasteiger partial charge in [0.15, 0.2) is 0 Å². The van der Waals surface area contributed by atoms with Crippen LogP contribution in [-0.4, -0.2) is 50.1 Å². The summed E-state index contributed by atoms with van der Waals surface area (Å²) in [4.78, 5) is 12.7. The molecule has 0 aromatic heterocycles. The Bertz CT molecular complexity index is 752. The van der Waals surface area contributed by atoms with Gasteiger partial charge in [-0.1, -0.05) is 45.0 Å². The largest absolute Gasteiger partial charge is 0.349 e. The summed E-state index contributed by atoms with van der Waals surface area (Å²) in [5.41, 5.74) is 2.39. The first kappa shape index (κ1) is 21.9. The predicted molar refractivity (Wildman–Crippen MR) is 109 cm³/mol. The van der Waals surface area contributed by atoms with E-state index in [4.69, 9.17) is 0 Å². The minimum atomic E-state index is -3.48. The van der Waals surface area contributed by atoms with Crippen LogP contribution >= 0.6 is 0 Å². The van der Waals surface area contributed by atoms with Gasteiger partial charge in [-0.2, -0.15) is 17.0 Å². The van der Waals surface area contributed by atoms with E-state index in [1.54, 1.807) is 0 Å². The summed E-state index contributed by atoms with van der Waals surface area (Å²) in [7, 11) is -0.447. The Morgan fingerprint density at radius 2 is 1.81 bits per heavy atom. The van der Waals surface area contributed by atoms with Crippen LogP contribution in [0.15, 0.2) is 24.3 Å². The maximum Gasteiger partial charge on any atom is 0.281 e. The Morgan fingerprint density at radius 1 is 1.22 bits per heavy atom. The van der Waals surface area contributed by atoms with E-state index < -0.39 is 10.2 Å². The molecule has 152 valence electrons. The third kappa shape index (κ3) is 5.30. The van der Waals surface area contributed by atoms with Crippen LogP contribution in [0.5, 0.6) is 0 Å². The molecule has 6 nitrogen and oxygen atoms in total. The quantitative estimate of drug-likeness (QED) is 0.833. The number of nitrogens with one attached hydrogen (secondary N) is 1. The highest BCUT2D eigenvalue weighted by Gasteiger charge is 2.33. The molecule has 2 atom stereocenters. The van der Waals surface area contributed by atoms with Crippen LogP contribution in [0.4, 0.5) is 0 Å². The van der Waals surface area contributed by atoms with Gasteiger partial charge >= 0.3 is 0 Å². The molecule has 0 aliphatic carbocycles. The number of rotatable bonds is 5. The molecule has 1 aliphatic heterocycles. The average Bonchev–Trinajstić information content (AvgIpc) is 2.61. The van der Waals surface area contributed by atoms with Crippen LogP contribution in [0, 0.1) is 5.92 Å². The molecule has 0 radical (unpaired) electrons. The number of benzene rings is 1. The topological polar surface area (TPSA) is 69.7 Å². The monoisotopic (exact) mass is 395 g/mol. The summed E-state index contributed by atoms with van der Waals surface area (Å²) in [6.45, 7) is 9.18. The van der Waals surface area contributed by atoms with Crippen molar-refractivity contribution in [2.45, 2.75) is 52.0 Å². The third-order valence-electron chi connectivity index (χ3n) is 5.18. The molecule has 0 spiro atoms. The van der Waals surface area contributed by atoms with Crippen molar-refractivity contribution in [2.24, 2.45) is 5.92 Å². The van der Waals surface area contributed by atoms with Gasteiger partial charge in [0.25, 0.3) is 10.2 Å². The van der Waals surface area contributed by atoms with Crippen molar-refractivity contribution in [2.75, 3.05) is 27.2 Å². The minimum Gasteiger partial charge on any atom is -0.349 e. The van der Waals surface area contributed by atoms with Crippen molar-refractivity contribution in [1.82, 2.24) is 13.9 Å². The van der Waals surface area contributed by atoms with E-state index in [-0.39, 0.29) is 29.8 Å². The lowest BCUT2D eigenvalue weighted by molar-refractivity contribution is -0.126. The van der Waals surface area contributed by atoms with Crippen molar-refractivity contribution >= 4 is 16.1 Å². The van der Waals surface area contributed by atoms with Crippen molar-refractivity contribution in [1.29, 1.82) is 0 Å². The Hall–Kier alpha value is -1.44. The van der Waals surface area contributed by atoms with Crippen molar-refractivity contribution in [3.8, 4) is 0 Å². The lowest BCUT2D eigenvalue weighted by Gasteiger charge is -2.33. The molecule has 7 heteroatoms.